The van der Waals surface area contributed by atoms with E-state index in [2.05, 4.69) is 76.4 Å². The zero-order chi connectivity index (χ0) is 21.8. The molecule has 0 saturated heterocycles. The van der Waals surface area contributed by atoms with Gasteiger partial charge in [0.15, 0.2) is 0 Å². The first-order valence-electron chi connectivity index (χ1n) is 10.2. The van der Waals surface area contributed by atoms with Crippen LogP contribution in [0.15, 0.2) is 67.1 Å². The molecule has 152 valence electrons. The minimum Gasteiger partial charge on any atom is -0.383 e. The van der Waals surface area contributed by atoms with Crippen molar-refractivity contribution in [2.24, 2.45) is 0 Å². The predicted octanol–water partition coefficient (Wildman–Crippen LogP) is 5.67. The van der Waals surface area contributed by atoms with E-state index in [1.54, 1.807) is 6.20 Å². The third-order valence-electron chi connectivity index (χ3n) is 4.72. The van der Waals surface area contributed by atoms with Crippen LogP contribution in [-0.2, 0) is 0 Å². The minimum absolute atomic E-state index is 0.476. The standard InChI is InChI=1S/C26H24N4Si/c1-31(2,3)15-13-20-7-4-6-19(16-20)9-11-24-22(8-5-14-28-24)21-10-12-25-23(17-21)26(27)30-18-29-25/h4-12,14,16-18H,1-3H3,(H2,27,29,30)/b11-9+. The van der Waals surface area contributed by atoms with Crippen molar-refractivity contribution in [2.45, 2.75) is 19.6 Å². The number of nitrogen functional groups attached to an aromatic ring is 1. The number of aromatic nitrogens is 3. The molecule has 4 nitrogen and oxygen atoms in total. The SMILES string of the molecule is C[Si](C)(C)C#Cc1cccc(/C=C/c2ncccc2-c2ccc3ncnc(N)c3c2)c1. The highest BCUT2D eigenvalue weighted by molar-refractivity contribution is 6.83. The lowest BCUT2D eigenvalue weighted by molar-refractivity contribution is 1.23. The second-order valence-electron chi connectivity index (χ2n) is 8.39. The van der Waals surface area contributed by atoms with Crippen molar-refractivity contribution < 1.29 is 0 Å². The predicted molar refractivity (Wildman–Crippen MR) is 133 cm³/mol. The van der Waals surface area contributed by atoms with Gasteiger partial charge >= 0.3 is 0 Å². The van der Waals surface area contributed by atoms with Gasteiger partial charge in [-0.2, -0.15) is 0 Å². The highest BCUT2D eigenvalue weighted by Gasteiger charge is 2.08. The van der Waals surface area contributed by atoms with E-state index in [-0.39, 0.29) is 0 Å². The molecule has 0 aliphatic carbocycles. The highest BCUT2D eigenvalue weighted by Crippen LogP contribution is 2.28. The van der Waals surface area contributed by atoms with Crippen molar-refractivity contribution in [2.75, 3.05) is 5.73 Å². The van der Waals surface area contributed by atoms with Gasteiger partial charge in [0.1, 0.15) is 20.2 Å². The lowest BCUT2D eigenvalue weighted by atomic mass is 10.0. The molecule has 2 aromatic heterocycles. The Bertz CT molecular complexity index is 1340. The number of pyridine rings is 1. The molecule has 2 heterocycles. The van der Waals surface area contributed by atoms with Gasteiger partial charge in [-0.15, -0.1) is 5.54 Å². The number of nitrogens with zero attached hydrogens (tertiary/aromatic N) is 3. The summed E-state index contributed by atoms with van der Waals surface area (Å²) in [5, 5.41) is 0.840. The van der Waals surface area contributed by atoms with Crippen LogP contribution < -0.4 is 5.73 Å². The lowest BCUT2D eigenvalue weighted by Crippen LogP contribution is -2.16. The Labute approximate surface area is 183 Å². The van der Waals surface area contributed by atoms with Crippen molar-refractivity contribution in [3.8, 4) is 22.6 Å². The van der Waals surface area contributed by atoms with Gasteiger partial charge < -0.3 is 5.73 Å². The molecule has 0 aliphatic heterocycles. The normalized spacial score (nSPS) is 11.5. The first kappa shape index (κ1) is 20.5. The summed E-state index contributed by atoms with van der Waals surface area (Å²) in [6.07, 6.45) is 7.40. The first-order valence-corrected chi connectivity index (χ1v) is 13.7. The summed E-state index contributed by atoms with van der Waals surface area (Å²) in [4.78, 5) is 13.0. The van der Waals surface area contributed by atoms with E-state index >= 15 is 0 Å². The van der Waals surface area contributed by atoms with Crippen LogP contribution in [-0.4, -0.2) is 23.0 Å². The van der Waals surface area contributed by atoms with Gasteiger partial charge in [-0.3, -0.25) is 4.98 Å². The number of nitrogens with two attached hydrogens (primary N) is 1. The topological polar surface area (TPSA) is 64.7 Å². The summed E-state index contributed by atoms with van der Waals surface area (Å²) in [5.41, 5.74) is 15.4. The molecule has 0 amide bonds. The number of rotatable bonds is 3. The van der Waals surface area contributed by atoms with E-state index in [1.165, 1.54) is 6.33 Å². The van der Waals surface area contributed by atoms with Crippen molar-refractivity contribution in [3.63, 3.8) is 0 Å². The van der Waals surface area contributed by atoms with E-state index in [1.807, 2.05) is 36.4 Å². The lowest BCUT2D eigenvalue weighted by Gasteiger charge is -2.08. The average Bonchev–Trinajstić information content (AvgIpc) is 2.76. The third kappa shape index (κ3) is 5.06. The summed E-state index contributed by atoms with van der Waals surface area (Å²) in [6.45, 7) is 6.75. The molecule has 0 atom stereocenters. The Hall–Kier alpha value is -3.75. The summed E-state index contributed by atoms with van der Waals surface area (Å²) < 4.78 is 0. The Kier molecular flexibility index (Phi) is 5.66. The highest BCUT2D eigenvalue weighted by atomic mass is 28.3. The summed E-state index contributed by atoms with van der Waals surface area (Å²) in [6, 6.07) is 18.3. The van der Waals surface area contributed by atoms with Gasteiger partial charge in [0, 0.05) is 22.7 Å². The molecule has 31 heavy (non-hydrogen) atoms. The molecule has 0 bridgehead atoms. The van der Waals surface area contributed by atoms with Crippen LogP contribution in [0.25, 0.3) is 34.2 Å². The zero-order valence-corrected chi connectivity index (χ0v) is 18.9. The largest absolute Gasteiger partial charge is 0.383 e. The summed E-state index contributed by atoms with van der Waals surface area (Å²) >= 11 is 0. The molecule has 0 spiro atoms. The fraction of sp³-hybridized carbons (Fsp3) is 0.115. The maximum absolute atomic E-state index is 6.05. The summed E-state index contributed by atoms with van der Waals surface area (Å²) in [7, 11) is -1.40. The van der Waals surface area contributed by atoms with Gasteiger partial charge in [0.2, 0.25) is 0 Å². The van der Waals surface area contributed by atoms with E-state index < -0.39 is 8.07 Å². The molecule has 5 heteroatoms. The van der Waals surface area contributed by atoms with Gasteiger partial charge in [-0.1, -0.05) is 55.9 Å². The molecule has 0 unspecified atom stereocenters. The van der Waals surface area contributed by atoms with Crippen LogP contribution in [0.3, 0.4) is 0 Å². The Balaban J connectivity index is 1.68. The van der Waals surface area contributed by atoms with Crippen molar-refractivity contribution in [3.05, 3.63) is 83.9 Å². The number of benzene rings is 2. The Morgan fingerprint density at radius 2 is 1.77 bits per heavy atom. The second kappa shape index (κ2) is 8.55. The maximum Gasteiger partial charge on any atom is 0.134 e. The van der Waals surface area contributed by atoms with Crippen molar-refractivity contribution in [1.82, 2.24) is 15.0 Å². The van der Waals surface area contributed by atoms with Gasteiger partial charge in [-0.25, -0.2) is 9.97 Å². The van der Waals surface area contributed by atoms with E-state index in [0.717, 1.165) is 38.9 Å². The number of fused-ring (bicyclic) bond motifs is 1. The Morgan fingerprint density at radius 3 is 2.61 bits per heavy atom. The number of hydrogen-bond acceptors (Lipinski definition) is 4. The maximum atomic E-state index is 6.05. The van der Waals surface area contributed by atoms with Crippen LogP contribution in [0, 0.1) is 11.5 Å². The van der Waals surface area contributed by atoms with Gasteiger partial charge in [0.25, 0.3) is 0 Å². The molecule has 4 aromatic rings. The van der Waals surface area contributed by atoms with E-state index in [9.17, 15) is 0 Å². The molecule has 2 aromatic carbocycles. The fourth-order valence-electron chi connectivity index (χ4n) is 3.19. The molecular formula is C26H24N4Si. The van der Waals surface area contributed by atoms with Crippen LogP contribution >= 0.6 is 0 Å². The van der Waals surface area contributed by atoms with Crippen LogP contribution in [0.4, 0.5) is 5.82 Å². The van der Waals surface area contributed by atoms with Crippen LogP contribution in [0.5, 0.6) is 0 Å². The monoisotopic (exact) mass is 420 g/mol. The molecule has 0 aliphatic rings. The molecule has 2 N–H and O–H groups in total. The zero-order valence-electron chi connectivity index (χ0n) is 17.9. The van der Waals surface area contributed by atoms with E-state index in [0.29, 0.717) is 5.82 Å². The van der Waals surface area contributed by atoms with Crippen molar-refractivity contribution >= 4 is 36.9 Å². The number of hydrogen-bond donors (Lipinski definition) is 1. The number of anilines is 1. The minimum atomic E-state index is -1.40. The smallest absolute Gasteiger partial charge is 0.134 e. The third-order valence-corrected chi connectivity index (χ3v) is 5.59. The van der Waals surface area contributed by atoms with Gasteiger partial charge in [-0.05, 0) is 47.5 Å². The Morgan fingerprint density at radius 1 is 0.903 bits per heavy atom. The fourth-order valence-corrected chi connectivity index (χ4v) is 3.71. The molecule has 0 saturated carbocycles. The average molecular weight is 421 g/mol. The first-order chi connectivity index (χ1) is 14.9. The van der Waals surface area contributed by atoms with Crippen LogP contribution in [0.2, 0.25) is 19.6 Å². The quantitative estimate of drug-likeness (QED) is 0.342. The molecule has 0 radical (unpaired) electrons. The molecular weight excluding hydrogens is 396 g/mol. The second-order valence-corrected chi connectivity index (χ2v) is 13.1. The van der Waals surface area contributed by atoms with Gasteiger partial charge in [0.05, 0.1) is 11.2 Å². The van der Waals surface area contributed by atoms with Crippen molar-refractivity contribution in [1.29, 1.82) is 0 Å². The molecule has 0 fully saturated rings. The molecule has 4 rings (SSSR count). The van der Waals surface area contributed by atoms with Crippen LogP contribution in [0.1, 0.15) is 16.8 Å². The summed E-state index contributed by atoms with van der Waals surface area (Å²) in [5.74, 6) is 3.80. The van der Waals surface area contributed by atoms with E-state index in [4.69, 9.17) is 5.73 Å².